The Balaban J connectivity index is 1.54. The van der Waals surface area contributed by atoms with Crippen molar-refractivity contribution >= 4 is 32.9 Å². The number of hydrogen-bond acceptors (Lipinski definition) is 6. The summed E-state index contributed by atoms with van der Waals surface area (Å²) in [5.41, 5.74) is 3.42. The highest BCUT2D eigenvalue weighted by Gasteiger charge is 2.14. The average molecular weight is 475 g/mol. The number of aromatic nitrogens is 2. The Hall–Kier alpha value is -2.13. The van der Waals surface area contributed by atoms with E-state index in [9.17, 15) is 10.2 Å². The molecule has 1 saturated heterocycles. The van der Waals surface area contributed by atoms with Crippen molar-refractivity contribution in [2.24, 2.45) is 0 Å². The predicted molar refractivity (Wildman–Crippen MR) is 121 cm³/mol. The summed E-state index contributed by atoms with van der Waals surface area (Å²) in [5, 5.41) is 23.4. The molecular weight excluding hydrogens is 448 g/mol. The highest BCUT2D eigenvalue weighted by Crippen LogP contribution is 2.27. The quantitative estimate of drug-likeness (QED) is 0.435. The van der Waals surface area contributed by atoms with Crippen LogP contribution in [0.4, 0.5) is 5.95 Å². The van der Waals surface area contributed by atoms with Crippen LogP contribution >= 0.6 is 15.9 Å². The van der Waals surface area contributed by atoms with Gasteiger partial charge in [0.25, 0.3) is 0 Å². The van der Waals surface area contributed by atoms with Crippen LogP contribution in [0.25, 0.3) is 11.0 Å². The molecule has 1 fully saturated rings. The van der Waals surface area contributed by atoms with E-state index in [0.29, 0.717) is 6.54 Å². The third kappa shape index (κ3) is 4.95. The van der Waals surface area contributed by atoms with Gasteiger partial charge in [0.05, 0.1) is 37.4 Å². The topological polar surface area (TPSA) is 82.8 Å². The van der Waals surface area contributed by atoms with Crippen molar-refractivity contribution in [3.8, 4) is 5.75 Å². The van der Waals surface area contributed by atoms with Gasteiger partial charge in [-0.2, -0.15) is 0 Å². The number of nitrogens with one attached hydrogen (secondary N) is 1. The Kier molecular flexibility index (Phi) is 6.89. The van der Waals surface area contributed by atoms with Crippen molar-refractivity contribution in [3.05, 3.63) is 52.0 Å². The van der Waals surface area contributed by atoms with Crippen LogP contribution in [0.1, 0.15) is 17.5 Å². The Morgan fingerprint density at radius 2 is 1.97 bits per heavy atom. The summed E-state index contributed by atoms with van der Waals surface area (Å²) in [6.07, 6.45) is 1.01. The largest absolute Gasteiger partial charge is 0.508 e. The van der Waals surface area contributed by atoms with Gasteiger partial charge in [-0.1, -0.05) is 22.0 Å². The number of benzene rings is 2. The lowest BCUT2D eigenvalue weighted by molar-refractivity contribution is 0.0378. The molecule has 3 N–H and O–H groups in total. The number of nitrogens with zero attached hydrogens (tertiary/aromatic N) is 3. The van der Waals surface area contributed by atoms with Crippen molar-refractivity contribution < 1.29 is 14.9 Å². The number of hydrogen-bond donors (Lipinski definition) is 3. The summed E-state index contributed by atoms with van der Waals surface area (Å²) in [5.74, 6) is 1.01. The molecule has 0 unspecified atom stereocenters. The maximum Gasteiger partial charge on any atom is 0.204 e. The first-order valence-corrected chi connectivity index (χ1v) is 11.0. The normalized spacial score (nSPS) is 15.0. The molecule has 7 nitrogen and oxygen atoms in total. The molecule has 0 atom stereocenters. The molecule has 0 radical (unpaired) electrons. The number of morpholine rings is 1. The van der Waals surface area contributed by atoms with Gasteiger partial charge in [0.15, 0.2) is 0 Å². The smallest absolute Gasteiger partial charge is 0.204 e. The van der Waals surface area contributed by atoms with E-state index in [-0.39, 0.29) is 12.4 Å². The zero-order valence-corrected chi connectivity index (χ0v) is 18.4. The zero-order valence-electron chi connectivity index (χ0n) is 16.9. The standard InChI is InChI=1S/C22H27BrN4O3/c23-18-3-5-21(29)17(13-18)14-27-20-12-16(15-28)2-4-19(20)25-22(27)24-6-1-7-26-8-10-30-11-9-26/h2-5,12-13,28-29H,1,6-11,14-15H2,(H,24,25). The number of phenolic OH excluding ortho intramolecular Hbond substituents is 1. The Labute approximate surface area is 184 Å². The van der Waals surface area contributed by atoms with Gasteiger partial charge in [0.1, 0.15) is 5.75 Å². The van der Waals surface area contributed by atoms with Gasteiger partial charge < -0.3 is 24.8 Å². The van der Waals surface area contributed by atoms with Crippen LogP contribution in [0.5, 0.6) is 5.75 Å². The van der Waals surface area contributed by atoms with Gasteiger partial charge in [-0.15, -0.1) is 0 Å². The second-order valence-electron chi connectivity index (χ2n) is 7.51. The number of rotatable bonds is 8. The average Bonchev–Trinajstić information content (AvgIpc) is 3.11. The molecule has 0 spiro atoms. The van der Waals surface area contributed by atoms with E-state index in [2.05, 4.69) is 30.7 Å². The molecule has 0 aliphatic carbocycles. The number of aromatic hydroxyl groups is 1. The summed E-state index contributed by atoms with van der Waals surface area (Å²) in [7, 11) is 0. The van der Waals surface area contributed by atoms with Gasteiger partial charge in [0.2, 0.25) is 5.95 Å². The van der Waals surface area contributed by atoms with Crippen molar-refractivity contribution in [1.29, 1.82) is 0 Å². The van der Waals surface area contributed by atoms with Crippen LogP contribution in [0.3, 0.4) is 0 Å². The van der Waals surface area contributed by atoms with Crippen LogP contribution in [-0.2, 0) is 17.9 Å². The van der Waals surface area contributed by atoms with E-state index in [1.54, 1.807) is 6.07 Å². The molecule has 4 rings (SSSR count). The lowest BCUT2D eigenvalue weighted by atomic mass is 10.2. The summed E-state index contributed by atoms with van der Waals surface area (Å²) in [6, 6.07) is 11.2. The number of aliphatic hydroxyl groups excluding tert-OH is 1. The van der Waals surface area contributed by atoms with Gasteiger partial charge in [-0.05, 0) is 48.9 Å². The zero-order chi connectivity index (χ0) is 20.9. The van der Waals surface area contributed by atoms with Crippen molar-refractivity contribution in [1.82, 2.24) is 14.5 Å². The van der Waals surface area contributed by atoms with E-state index in [1.165, 1.54) is 0 Å². The second-order valence-corrected chi connectivity index (χ2v) is 8.43. The fourth-order valence-electron chi connectivity index (χ4n) is 3.74. The van der Waals surface area contributed by atoms with Crippen LogP contribution < -0.4 is 5.32 Å². The minimum Gasteiger partial charge on any atom is -0.508 e. The number of imidazole rings is 1. The van der Waals surface area contributed by atoms with Crippen molar-refractivity contribution in [3.63, 3.8) is 0 Å². The summed E-state index contributed by atoms with van der Waals surface area (Å²) < 4.78 is 8.38. The molecule has 0 amide bonds. The van der Waals surface area contributed by atoms with Gasteiger partial charge in [0, 0.05) is 29.7 Å². The molecule has 30 heavy (non-hydrogen) atoms. The number of anilines is 1. The molecule has 8 heteroatoms. The second kappa shape index (κ2) is 9.78. The first kappa shape index (κ1) is 21.1. The number of halogens is 1. The highest BCUT2D eigenvalue weighted by atomic mass is 79.9. The van der Waals surface area contributed by atoms with Gasteiger partial charge in [-0.3, -0.25) is 4.90 Å². The van der Waals surface area contributed by atoms with Crippen LogP contribution in [0.2, 0.25) is 0 Å². The van der Waals surface area contributed by atoms with E-state index in [4.69, 9.17) is 9.72 Å². The van der Waals surface area contributed by atoms with Gasteiger partial charge >= 0.3 is 0 Å². The minimum absolute atomic E-state index is 0.0223. The fourth-order valence-corrected chi connectivity index (χ4v) is 4.15. The molecule has 3 aromatic rings. The van der Waals surface area contributed by atoms with Crippen molar-refractivity contribution in [2.45, 2.75) is 19.6 Å². The Morgan fingerprint density at radius 3 is 2.77 bits per heavy atom. The molecule has 160 valence electrons. The molecule has 0 bridgehead atoms. The Bertz CT molecular complexity index is 1000. The molecule has 2 aromatic carbocycles. The van der Waals surface area contributed by atoms with E-state index < -0.39 is 0 Å². The highest BCUT2D eigenvalue weighted by molar-refractivity contribution is 9.10. The maximum absolute atomic E-state index is 10.3. The molecule has 1 aromatic heterocycles. The SMILES string of the molecule is OCc1ccc2nc(NCCCN3CCOCC3)n(Cc3cc(Br)ccc3O)c2c1. The first-order chi connectivity index (χ1) is 14.6. The number of aliphatic hydroxyl groups is 1. The molecule has 2 heterocycles. The van der Waals surface area contributed by atoms with Crippen LogP contribution in [-0.4, -0.2) is 64.1 Å². The summed E-state index contributed by atoms with van der Waals surface area (Å²) >= 11 is 3.48. The van der Waals surface area contributed by atoms with E-state index in [1.807, 2.05) is 30.3 Å². The number of fused-ring (bicyclic) bond motifs is 1. The monoisotopic (exact) mass is 474 g/mol. The fraction of sp³-hybridized carbons (Fsp3) is 0.409. The summed E-state index contributed by atoms with van der Waals surface area (Å²) in [4.78, 5) is 7.18. The van der Waals surface area contributed by atoms with Gasteiger partial charge in [-0.25, -0.2) is 4.98 Å². The van der Waals surface area contributed by atoms with Crippen molar-refractivity contribution in [2.75, 3.05) is 44.7 Å². The molecular formula is C22H27BrN4O3. The lowest BCUT2D eigenvalue weighted by Crippen LogP contribution is -2.37. The predicted octanol–water partition coefficient (Wildman–Crippen LogP) is 3.18. The molecule has 1 aliphatic heterocycles. The van der Waals surface area contributed by atoms with Crippen LogP contribution in [0, 0.1) is 0 Å². The number of phenols is 1. The molecule has 0 saturated carbocycles. The van der Waals surface area contributed by atoms with E-state index >= 15 is 0 Å². The lowest BCUT2D eigenvalue weighted by Gasteiger charge is -2.26. The summed E-state index contributed by atoms with van der Waals surface area (Å²) in [6.45, 7) is 5.89. The third-order valence-electron chi connectivity index (χ3n) is 5.40. The maximum atomic E-state index is 10.3. The van der Waals surface area contributed by atoms with E-state index in [0.717, 1.165) is 78.4 Å². The number of ether oxygens (including phenoxy) is 1. The first-order valence-electron chi connectivity index (χ1n) is 10.3. The van der Waals surface area contributed by atoms with Crippen LogP contribution in [0.15, 0.2) is 40.9 Å². The third-order valence-corrected chi connectivity index (χ3v) is 5.90. The minimum atomic E-state index is -0.0223. The molecule has 1 aliphatic rings. The Morgan fingerprint density at radius 1 is 1.13 bits per heavy atom.